The Hall–Kier alpha value is -1.45. The van der Waals surface area contributed by atoms with Gasteiger partial charge in [0.25, 0.3) is 10.1 Å². The average Bonchev–Trinajstić information content (AvgIpc) is 2.41. The molecule has 1 aromatic rings. The third-order valence-electron chi connectivity index (χ3n) is 2.79. The summed E-state index contributed by atoms with van der Waals surface area (Å²) in [5.41, 5.74) is 0.831. The number of benzene rings is 1. The zero-order valence-corrected chi connectivity index (χ0v) is 14.3. The maximum Gasteiger partial charge on any atom is 0.307 e. The number of hydrogen-bond donors (Lipinski definition) is 1. The third kappa shape index (κ3) is 5.39. The first-order valence-corrected chi connectivity index (χ1v) is 8.39. The molecule has 1 unspecified atom stereocenters. The minimum atomic E-state index is -4.50. The van der Waals surface area contributed by atoms with E-state index in [0.717, 1.165) is 7.11 Å². The zero-order valence-electron chi connectivity index (χ0n) is 11.9. The van der Waals surface area contributed by atoms with Gasteiger partial charge in [-0.2, -0.15) is 8.42 Å². The molecule has 0 saturated heterocycles. The lowest BCUT2D eigenvalue weighted by molar-refractivity contribution is -0.142. The molecule has 0 bridgehead atoms. The number of carbonyl (C=O) groups excluding carboxylic acids is 2. The Bertz CT molecular complexity index is 669. The number of carbonyl (C=O) groups is 2. The molecule has 1 aromatic carbocycles. The Balaban J connectivity index is 3.10. The fourth-order valence-electron chi connectivity index (χ4n) is 1.72. The van der Waals surface area contributed by atoms with E-state index in [1.165, 1.54) is 13.0 Å². The van der Waals surface area contributed by atoms with Crippen molar-refractivity contribution in [3.8, 4) is 0 Å². The minimum Gasteiger partial charge on any atom is -0.469 e. The van der Waals surface area contributed by atoms with Gasteiger partial charge in [0.05, 0.1) is 13.5 Å². The summed E-state index contributed by atoms with van der Waals surface area (Å²) >= 11 is 3.19. The lowest BCUT2D eigenvalue weighted by Gasteiger charge is -2.15. The van der Waals surface area contributed by atoms with Crippen LogP contribution in [0.2, 0.25) is 0 Å². The van der Waals surface area contributed by atoms with Crippen molar-refractivity contribution in [1.82, 2.24) is 0 Å². The topological polar surface area (TPSA) is 107 Å². The van der Waals surface area contributed by atoms with Crippen molar-refractivity contribution in [3.63, 3.8) is 0 Å². The van der Waals surface area contributed by atoms with Crippen LogP contribution in [0.5, 0.6) is 0 Å². The molecule has 9 heteroatoms. The van der Waals surface area contributed by atoms with Gasteiger partial charge in [-0.05, 0) is 17.2 Å². The molecule has 0 aliphatic heterocycles. The highest BCUT2D eigenvalue weighted by Crippen LogP contribution is 2.32. The fraction of sp³-hybridized carbons (Fsp3) is 0.385. The summed E-state index contributed by atoms with van der Waals surface area (Å²) in [6.07, 6.45) is -0.517. The molecule has 7 nitrogen and oxygen atoms in total. The molecule has 0 radical (unpaired) electrons. The Kier molecular flexibility index (Phi) is 6.51. The van der Waals surface area contributed by atoms with Crippen molar-refractivity contribution in [2.45, 2.75) is 25.2 Å². The van der Waals surface area contributed by atoms with Gasteiger partial charge in [-0.15, -0.1) is 0 Å². The van der Waals surface area contributed by atoms with Crippen molar-refractivity contribution in [2.24, 2.45) is 0 Å². The normalized spacial score (nSPS) is 12.5. The molecule has 1 N–H and O–H groups in total. The predicted octanol–water partition coefficient (Wildman–Crippen LogP) is 2.00. The van der Waals surface area contributed by atoms with E-state index in [0.29, 0.717) is 10.0 Å². The number of hydrogen-bond acceptors (Lipinski definition) is 6. The second-order valence-electron chi connectivity index (χ2n) is 4.42. The van der Waals surface area contributed by atoms with Crippen molar-refractivity contribution in [1.29, 1.82) is 0 Å². The molecule has 0 amide bonds. The fourth-order valence-corrected chi connectivity index (χ4v) is 3.44. The molecular weight excluding hydrogens is 380 g/mol. The van der Waals surface area contributed by atoms with Gasteiger partial charge < -0.3 is 9.47 Å². The summed E-state index contributed by atoms with van der Waals surface area (Å²) in [6, 6.07) is 4.52. The van der Waals surface area contributed by atoms with Gasteiger partial charge in [-0.3, -0.25) is 14.1 Å². The van der Waals surface area contributed by atoms with Crippen LogP contribution in [0, 0.1) is 0 Å². The van der Waals surface area contributed by atoms with Gasteiger partial charge in [0, 0.05) is 11.4 Å². The number of esters is 2. The van der Waals surface area contributed by atoms with Crippen molar-refractivity contribution >= 4 is 38.0 Å². The quantitative estimate of drug-likeness (QED) is 0.580. The highest BCUT2D eigenvalue weighted by Gasteiger charge is 2.30. The Morgan fingerprint density at radius 1 is 1.36 bits per heavy atom. The number of rotatable bonds is 6. The van der Waals surface area contributed by atoms with Gasteiger partial charge in [-0.1, -0.05) is 28.1 Å². The highest BCUT2D eigenvalue weighted by molar-refractivity contribution is 9.10. The van der Waals surface area contributed by atoms with E-state index in [9.17, 15) is 22.6 Å². The smallest absolute Gasteiger partial charge is 0.307 e. The molecule has 1 rings (SSSR count). The minimum absolute atomic E-state index is 0.0295. The van der Waals surface area contributed by atoms with Crippen LogP contribution in [0.15, 0.2) is 22.7 Å². The monoisotopic (exact) mass is 394 g/mol. The van der Waals surface area contributed by atoms with E-state index in [-0.39, 0.29) is 12.2 Å². The van der Waals surface area contributed by atoms with Crippen LogP contribution in [0.1, 0.15) is 29.7 Å². The van der Waals surface area contributed by atoms with Gasteiger partial charge >= 0.3 is 11.9 Å². The maximum absolute atomic E-state index is 11.5. The molecule has 0 aliphatic rings. The van der Waals surface area contributed by atoms with Crippen LogP contribution in [0.25, 0.3) is 0 Å². The molecule has 1 atom stereocenters. The van der Waals surface area contributed by atoms with Gasteiger partial charge in [0.15, 0.2) is 0 Å². The largest absolute Gasteiger partial charge is 0.469 e. The lowest BCUT2D eigenvalue weighted by Crippen LogP contribution is -2.18. The SMILES string of the molecule is COC(=O)CC(c1ccc(COC(C)=O)cc1Br)S(=O)(=O)O. The third-order valence-corrected chi connectivity index (χ3v) is 4.62. The lowest BCUT2D eigenvalue weighted by atomic mass is 10.1. The number of ether oxygens (including phenoxy) is 2. The summed E-state index contributed by atoms with van der Waals surface area (Å²) in [4.78, 5) is 22.1. The molecule has 0 spiro atoms. The average molecular weight is 395 g/mol. The molecule has 0 saturated carbocycles. The molecule has 0 aromatic heterocycles. The summed E-state index contributed by atoms with van der Waals surface area (Å²) in [6.45, 7) is 1.30. The Morgan fingerprint density at radius 2 is 2.00 bits per heavy atom. The van der Waals surface area contributed by atoms with Crippen LogP contribution >= 0.6 is 15.9 Å². The second-order valence-corrected chi connectivity index (χ2v) is 6.87. The molecule has 0 aliphatic carbocycles. The predicted molar refractivity (Wildman–Crippen MR) is 80.5 cm³/mol. The molecule has 122 valence electrons. The van der Waals surface area contributed by atoms with Gasteiger partial charge in [0.1, 0.15) is 11.9 Å². The first-order valence-electron chi connectivity index (χ1n) is 6.10. The van der Waals surface area contributed by atoms with Crippen LogP contribution in [-0.4, -0.2) is 32.0 Å². The summed E-state index contributed by atoms with van der Waals surface area (Å²) < 4.78 is 41.9. The van der Waals surface area contributed by atoms with Crippen molar-refractivity contribution < 1.29 is 32.0 Å². The molecule has 22 heavy (non-hydrogen) atoms. The first kappa shape index (κ1) is 18.6. The van der Waals surface area contributed by atoms with E-state index in [1.54, 1.807) is 12.1 Å². The summed E-state index contributed by atoms with van der Waals surface area (Å²) in [5, 5.41) is -1.45. The van der Waals surface area contributed by atoms with Crippen molar-refractivity contribution in [3.05, 3.63) is 33.8 Å². The van der Waals surface area contributed by atoms with E-state index in [1.807, 2.05) is 0 Å². The Labute approximate surface area is 136 Å². The molecule has 0 heterocycles. The van der Waals surface area contributed by atoms with Gasteiger partial charge in [-0.25, -0.2) is 0 Å². The zero-order chi connectivity index (χ0) is 16.9. The second kappa shape index (κ2) is 7.70. The van der Waals surface area contributed by atoms with Gasteiger partial charge in [0.2, 0.25) is 0 Å². The Morgan fingerprint density at radius 3 is 2.45 bits per heavy atom. The van der Waals surface area contributed by atoms with Crippen LogP contribution in [0.4, 0.5) is 0 Å². The van der Waals surface area contributed by atoms with E-state index >= 15 is 0 Å². The number of halogens is 1. The first-order chi connectivity index (χ1) is 10.1. The molecule has 0 fully saturated rings. The van der Waals surface area contributed by atoms with Crippen molar-refractivity contribution in [2.75, 3.05) is 7.11 Å². The highest BCUT2D eigenvalue weighted by atomic mass is 79.9. The summed E-state index contributed by atoms with van der Waals surface area (Å²) in [7, 11) is -3.37. The standard InChI is InChI=1S/C13H15BrO7S/c1-8(15)21-7-9-3-4-10(11(14)5-9)12(22(17,18)19)6-13(16)20-2/h3-5,12H,6-7H2,1-2H3,(H,17,18,19). The number of methoxy groups -OCH3 is 1. The van der Waals surface area contributed by atoms with E-state index in [4.69, 9.17) is 4.74 Å². The van der Waals surface area contributed by atoms with Crippen LogP contribution in [0.3, 0.4) is 0 Å². The maximum atomic E-state index is 11.5. The van der Waals surface area contributed by atoms with E-state index < -0.39 is 33.7 Å². The van der Waals surface area contributed by atoms with E-state index in [2.05, 4.69) is 20.7 Å². The van der Waals surface area contributed by atoms with Crippen LogP contribution < -0.4 is 0 Å². The summed E-state index contributed by atoms with van der Waals surface area (Å²) in [5.74, 6) is -1.21. The molecular formula is C13H15BrO7S. The van der Waals surface area contributed by atoms with Crippen LogP contribution in [-0.2, 0) is 35.8 Å².